The van der Waals surface area contributed by atoms with Gasteiger partial charge in [0.1, 0.15) is 0 Å². The molecule has 68 heavy (non-hydrogen) atoms. The van der Waals surface area contributed by atoms with Crippen LogP contribution < -0.4 is 0 Å². The molecule has 0 spiro atoms. The molecule has 13 rings (SSSR count). The Morgan fingerprint density at radius 3 is 1.06 bits per heavy atom. The van der Waals surface area contributed by atoms with Gasteiger partial charge in [-0.15, -0.1) is 0 Å². The lowest BCUT2D eigenvalue weighted by Gasteiger charge is -2.20. The van der Waals surface area contributed by atoms with Crippen LogP contribution >= 0.6 is 0 Å². The highest BCUT2D eigenvalue weighted by Crippen LogP contribution is 2.46. The molecule has 0 atom stereocenters. The van der Waals surface area contributed by atoms with Crippen LogP contribution in [0.4, 0.5) is 0 Å². The predicted octanol–water partition coefficient (Wildman–Crippen LogP) is 16.1. The number of hydrogen-bond donors (Lipinski definition) is 0. The fraction of sp³-hybridized carbons (Fsp3) is 0. The zero-order chi connectivity index (χ0) is 45.0. The van der Waals surface area contributed by atoms with Crippen molar-refractivity contribution >= 4 is 43.6 Å². The molecule has 0 bridgehead atoms. The Balaban J connectivity index is 1.19. The van der Waals surface area contributed by atoms with Crippen molar-refractivity contribution in [2.24, 2.45) is 0 Å². The van der Waals surface area contributed by atoms with Gasteiger partial charge in [-0.2, -0.15) is 0 Å². The maximum atomic E-state index is 5.50. The molecule has 5 nitrogen and oxygen atoms in total. The van der Waals surface area contributed by atoms with Crippen molar-refractivity contribution in [2.75, 3.05) is 0 Å². The molecule has 5 heteroatoms. The summed E-state index contributed by atoms with van der Waals surface area (Å²) < 4.78 is 4.91. The summed E-state index contributed by atoms with van der Waals surface area (Å²) in [4.78, 5) is 16.5. The lowest BCUT2D eigenvalue weighted by Crippen LogP contribution is -2.03. The van der Waals surface area contributed by atoms with Gasteiger partial charge in [0.15, 0.2) is 0 Å². The van der Waals surface area contributed by atoms with Crippen LogP contribution in [-0.4, -0.2) is 24.1 Å². The third-order valence-corrected chi connectivity index (χ3v) is 13.1. The number of rotatable bonds is 8. The summed E-state index contributed by atoms with van der Waals surface area (Å²) >= 11 is 0. The quantitative estimate of drug-likeness (QED) is 0.153. The van der Waals surface area contributed by atoms with Crippen molar-refractivity contribution in [3.05, 3.63) is 249 Å². The normalized spacial score (nSPS) is 11.5. The van der Waals surface area contributed by atoms with Gasteiger partial charge in [0, 0.05) is 66.3 Å². The Hall–Kier alpha value is -9.19. The van der Waals surface area contributed by atoms with E-state index < -0.39 is 0 Å². The number of hydrogen-bond acceptors (Lipinski definition) is 3. The summed E-state index contributed by atoms with van der Waals surface area (Å²) in [6.45, 7) is 0. The molecule has 318 valence electrons. The van der Waals surface area contributed by atoms with Crippen LogP contribution in [0.3, 0.4) is 0 Å². The Bertz CT molecular complexity index is 3900. The minimum atomic E-state index is 0.829. The zero-order valence-corrected chi connectivity index (χ0v) is 36.9. The summed E-state index contributed by atoms with van der Waals surface area (Å²) in [7, 11) is 0. The number of fused-ring (bicyclic) bond motifs is 7. The molecular formula is C63H41N5. The van der Waals surface area contributed by atoms with Crippen molar-refractivity contribution in [3.63, 3.8) is 0 Å². The second-order valence-electron chi connectivity index (χ2n) is 17.1. The van der Waals surface area contributed by atoms with Crippen LogP contribution in [-0.2, 0) is 0 Å². The smallest absolute Gasteiger partial charge is 0.0788 e. The molecule has 0 saturated heterocycles. The topological polar surface area (TPSA) is 48.5 Å². The van der Waals surface area contributed by atoms with Crippen LogP contribution in [0.15, 0.2) is 249 Å². The van der Waals surface area contributed by atoms with E-state index in [2.05, 4.69) is 240 Å². The van der Waals surface area contributed by atoms with E-state index in [9.17, 15) is 0 Å². The molecule has 0 saturated carbocycles. The first-order valence-corrected chi connectivity index (χ1v) is 23.0. The van der Waals surface area contributed by atoms with E-state index >= 15 is 0 Å². The maximum Gasteiger partial charge on any atom is 0.0788 e. The van der Waals surface area contributed by atoms with Gasteiger partial charge in [0.05, 0.1) is 56.2 Å². The largest absolute Gasteiger partial charge is 0.307 e. The molecule has 0 fully saturated rings. The van der Waals surface area contributed by atoms with E-state index in [0.29, 0.717) is 0 Å². The number of pyridine rings is 3. The average molecular weight is 868 g/mol. The van der Waals surface area contributed by atoms with Gasteiger partial charge in [-0.05, 0) is 72.8 Å². The van der Waals surface area contributed by atoms with Crippen molar-refractivity contribution < 1.29 is 0 Å². The monoisotopic (exact) mass is 867 g/mol. The zero-order valence-electron chi connectivity index (χ0n) is 36.9. The highest BCUT2D eigenvalue weighted by Gasteiger charge is 2.25. The van der Waals surface area contributed by atoms with E-state index in [4.69, 9.17) is 15.0 Å². The lowest BCUT2D eigenvalue weighted by atomic mass is 9.91. The van der Waals surface area contributed by atoms with E-state index in [0.717, 1.165) is 101 Å². The van der Waals surface area contributed by atoms with Crippen LogP contribution in [0.2, 0.25) is 0 Å². The number of para-hydroxylation sites is 3. The summed E-state index contributed by atoms with van der Waals surface area (Å²) in [6.07, 6.45) is 0. The number of aromatic nitrogens is 5. The SMILES string of the molecule is c1ccc(-c2cccc(-c3cc(-n4c5ccccc5c5ccc6c7ccccc7n(-c7ccccc7)c6c54)cc(-c4cccc(-c5ccccc5)n4)c3-c3cccc(-c4ccccc4)n3)n2)cc1. The summed E-state index contributed by atoms with van der Waals surface area (Å²) in [5.74, 6) is 0. The van der Waals surface area contributed by atoms with Gasteiger partial charge in [0.2, 0.25) is 0 Å². The molecule has 5 aromatic heterocycles. The first-order chi connectivity index (χ1) is 33.7. The highest BCUT2D eigenvalue weighted by molar-refractivity contribution is 6.24. The minimum absolute atomic E-state index is 0.829. The molecule has 0 unspecified atom stereocenters. The average Bonchev–Trinajstić information content (AvgIpc) is 3.95. The second kappa shape index (κ2) is 16.4. The Morgan fingerprint density at radius 1 is 0.250 bits per heavy atom. The molecule has 8 aromatic carbocycles. The van der Waals surface area contributed by atoms with Crippen LogP contribution in [0.1, 0.15) is 0 Å². The van der Waals surface area contributed by atoms with Gasteiger partial charge in [0.25, 0.3) is 0 Å². The van der Waals surface area contributed by atoms with Gasteiger partial charge in [-0.25, -0.2) is 15.0 Å². The Morgan fingerprint density at radius 2 is 0.603 bits per heavy atom. The van der Waals surface area contributed by atoms with Crippen LogP contribution in [0.5, 0.6) is 0 Å². The molecule has 5 heterocycles. The van der Waals surface area contributed by atoms with Crippen LogP contribution in [0, 0.1) is 0 Å². The third kappa shape index (κ3) is 6.59. The Kier molecular flexibility index (Phi) is 9.43. The second-order valence-corrected chi connectivity index (χ2v) is 17.1. The molecule has 0 aliphatic rings. The predicted molar refractivity (Wildman–Crippen MR) is 281 cm³/mol. The van der Waals surface area contributed by atoms with Crippen molar-refractivity contribution in [2.45, 2.75) is 0 Å². The molecule has 0 amide bonds. The van der Waals surface area contributed by atoms with Crippen molar-refractivity contribution in [1.29, 1.82) is 0 Å². The molecular weight excluding hydrogens is 827 g/mol. The lowest BCUT2D eigenvalue weighted by molar-refractivity contribution is 1.15. The molecule has 0 radical (unpaired) electrons. The molecule has 0 aliphatic heterocycles. The van der Waals surface area contributed by atoms with Gasteiger partial charge in [-0.1, -0.05) is 176 Å². The minimum Gasteiger partial charge on any atom is -0.307 e. The molecule has 0 aliphatic carbocycles. The highest BCUT2D eigenvalue weighted by atomic mass is 15.0. The fourth-order valence-corrected chi connectivity index (χ4v) is 10.1. The van der Waals surface area contributed by atoms with E-state index in [1.165, 1.54) is 21.5 Å². The van der Waals surface area contributed by atoms with Gasteiger partial charge < -0.3 is 9.13 Å². The standard InChI is InChI=1S/C63H41N5/c1-5-20-42(21-6-1)53-30-17-33-56(64-53)51-40-46(41-52(57-34-18-31-54(65-57)43-22-7-2-8-23-43)61(51)58-35-19-32-55(66-58)44-24-9-3-10-25-44)68-60-37-16-14-29-48(60)50-39-38-49-47-28-13-15-36-59(47)67(62(49)63(50)68)45-26-11-4-12-27-45/h1-41H. The van der Waals surface area contributed by atoms with E-state index in [-0.39, 0.29) is 0 Å². The van der Waals surface area contributed by atoms with E-state index in [1.807, 2.05) is 18.2 Å². The van der Waals surface area contributed by atoms with Crippen molar-refractivity contribution in [1.82, 2.24) is 24.1 Å². The fourth-order valence-electron chi connectivity index (χ4n) is 10.1. The van der Waals surface area contributed by atoms with E-state index in [1.54, 1.807) is 0 Å². The van der Waals surface area contributed by atoms with Gasteiger partial charge in [-0.3, -0.25) is 0 Å². The first kappa shape index (κ1) is 39.2. The maximum absolute atomic E-state index is 5.50. The summed E-state index contributed by atoms with van der Waals surface area (Å²) in [5, 5.41) is 4.74. The number of benzene rings is 8. The third-order valence-electron chi connectivity index (χ3n) is 13.1. The summed E-state index contributed by atoms with van der Waals surface area (Å²) in [6, 6.07) is 87.8. The van der Waals surface area contributed by atoms with Crippen LogP contribution in [0.25, 0.3) is 123 Å². The summed E-state index contributed by atoms with van der Waals surface area (Å²) in [5.41, 5.74) is 17.8. The van der Waals surface area contributed by atoms with Crippen molar-refractivity contribution in [3.8, 4) is 78.9 Å². The first-order valence-electron chi connectivity index (χ1n) is 23.0. The van der Waals surface area contributed by atoms with Gasteiger partial charge >= 0.3 is 0 Å². The number of nitrogens with zero attached hydrogens (tertiary/aromatic N) is 5. The Labute approximate surface area is 393 Å². The molecule has 13 aromatic rings. The molecule has 0 N–H and O–H groups in total.